The standard InChI is InChI=1S/C8H10O3S2/c9-3-4-12-5-6-1-2-7(13-6)8(10)11/h1-2,9H,3-5H2,(H,10,11). The molecular weight excluding hydrogens is 208 g/mol. The van der Waals surface area contributed by atoms with E-state index in [1.54, 1.807) is 17.8 Å². The van der Waals surface area contributed by atoms with Crippen LogP contribution in [-0.2, 0) is 5.75 Å². The topological polar surface area (TPSA) is 57.5 Å². The van der Waals surface area contributed by atoms with Crippen LogP contribution < -0.4 is 0 Å². The largest absolute Gasteiger partial charge is 0.477 e. The molecule has 1 heterocycles. The van der Waals surface area contributed by atoms with Crippen molar-refractivity contribution in [2.75, 3.05) is 12.4 Å². The highest BCUT2D eigenvalue weighted by atomic mass is 32.2. The first kappa shape index (κ1) is 10.6. The molecule has 0 aliphatic carbocycles. The number of hydrogen-bond donors (Lipinski definition) is 2. The number of hydrogen-bond acceptors (Lipinski definition) is 4. The molecule has 0 spiro atoms. The molecule has 0 atom stereocenters. The number of thioether (sulfide) groups is 1. The van der Waals surface area contributed by atoms with Gasteiger partial charge in [0, 0.05) is 16.4 Å². The number of aromatic carboxylic acids is 1. The van der Waals surface area contributed by atoms with Gasteiger partial charge < -0.3 is 10.2 Å². The molecule has 72 valence electrons. The number of rotatable bonds is 5. The van der Waals surface area contributed by atoms with Gasteiger partial charge in [-0.05, 0) is 12.1 Å². The van der Waals surface area contributed by atoms with Gasteiger partial charge in [0.2, 0.25) is 0 Å². The second-order valence-electron chi connectivity index (χ2n) is 2.35. The molecule has 0 aliphatic heterocycles. The minimum absolute atomic E-state index is 0.168. The van der Waals surface area contributed by atoms with Crippen LogP contribution in [-0.4, -0.2) is 28.5 Å². The van der Waals surface area contributed by atoms with Crippen LogP contribution in [0.5, 0.6) is 0 Å². The van der Waals surface area contributed by atoms with Crippen molar-refractivity contribution in [3.8, 4) is 0 Å². The van der Waals surface area contributed by atoms with E-state index in [4.69, 9.17) is 10.2 Å². The van der Waals surface area contributed by atoms with Gasteiger partial charge in [0.1, 0.15) is 4.88 Å². The molecule has 1 aromatic heterocycles. The third kappa shape index (κ3) is 3.38. The van der Waals surface area contributed by atoms with E-state index >= 15 is 0 Å². The van der Waals surface area contributed by atoms with E-state index < -0.39 is 5.97 Å². The molecule has 0 saturated carbocycles. The fraction of sp³-hybridized carbons (Fsp3) is 0.375. The van der Waals surface area contributed by atoms with Gasteiger partial charge in [0.15, 0.2) is 0 Å². The number of carboxylic acids is 1. The Morgan fingerprint density at radius 1 is 1.54 bits per heavy atom. The highest BCUT2D eigenvalue weighted by molar-refractivity contribution is 7.98. The van der Waals surface area contributed by atoms with Gasteiger partial charge >= 0.3 is 5.97 Å². The van der Waals surface area contributed by atoms with Crippen molar-refractivity contribution in [3.05, 3.63) is 21.9 Å². The number of thiophene rings is 1. The van der Waals surface area contributed by atoms with Crippen molar-refractivity contribution in [2.45, 2.75) is 5.75 Å². The van der Waals surface area contributed by atoms with Gasteiger partial charge in [-0.1, -0.05) is 0 Å². The smallest absolute Gasteiger partial charge is 0.345 e. The second kappa shape index (κ2) is 5.26. The van der Waals surface area contributed by atoms with Gasteiger partial charge in [-0.3, -0.25) is 0 Å². The summed E-state index contributed by atoms with van der Waals surface area (Å²) in [5.74, 6) is 0.599. The van der Waals surface area contributed by atoms with E-state index in [0.717, 1.165) is 10.6 Å². The monoisotopic (exact) mass is 218 g/mol. The molecule has 0 bridgehead atoms. The summed E-state index contributed by atoms with van der Waals surface area (Å²) >= 11 is 2.89. The van der Waals surface area contributed by atoms with Crippen molar-refractivity contribution >= 4 is 29.1 Å². The summed E-state index contributed by atoms with van der Waals surface area (Å²) in [7, 11) is 0. The first-order valence-corrected chi connectivity index (χ1v) is 5.71. The van der Waals surface area contributed by atoms with E-state index in [2.05, 4.69) is 0 Å². The minimum atomic E-state index is -0.872. The summed E-state index contributed by atoms with van der Waals surface area (Å²) in [6.45, 7) is 0.168. The SMILES string of the molecule is O=C(O)c1ccc(CSCCO)s1. The maximum atomic E-state index is 10.5. The Kier molecular flexibility index (Phi) is 4.27. The zero-order valence-electron chi connectivity index (χ0n) is 6.90. The van der Waals surface area contributed by atoms with Crippen molar-refractivity contribution in [3.63, 3.8) is 0 Å². The Hall–Kier alpha value is -0.520. The van der Waals surface area contributed by atoms with E-state index in [1.165, 1.54) is 11.3 Å². The molecule has 3 nitrogen and oxygen atoms in total. The normalized spacial score (nSPS) is 10.2. The zero-order chi connectivity index (χ0) is 9.68. The fourth-order valence-electron chi connectivity index (χ4n) is 0.808. The van der Waals surface area contributed by atoms with Crippen LogP contribution in [0.1, 0.15) is 14.5 Å². The molecule has 0 aliphatic rings. The Morgan fingerprint density at radius 3 is 2.85 bits per heavy atom. The van der Waals surface area contributed by atoms with Crippen LogP contribution in [0, 0.1) is 0 Å². The third-order valence-corrected chi connectivity index (χ3v) is 3.59. The highest BCUT2D eigenvalue weighted by Gasteiger charge is 2.06. The van der Waals surface area contributed by atoms with Gasteiger partial charge in [-0.15, -0.1) is 11.3 Å². The molecule has 0 fully saturated rings. The van der Waals surface area contributed by atoms with Crippen molar-refractivity contribution < 1.29 is 15.0 Å². The number of carboxylic acid groups (broad SMARTS) is 1. The Bertz CT molecular complexity index is 283. The Morgan fingerprint density at radius 2 is 2.31 bits per heavy atom. The van der Waals surface area contributed by atoms with Crippen LogP contribution in [0.25, 0.3) is 0 Å². The summed E-state index contributed by atoms with van der Waals surface area (Å²) in [6.07, 6.45) is 0. The van der Waals surface area contributed by atoms with Gasteiger partial charge in [0.25, 0.3) is 0 Å². The summed E-state index contributed by atoms with van der Waals surface area (Å²) in [5, 5.41) is 17.2. The molecule has 0 amide bonds. The summed E-state index contributed by atoms with van der Waals surface area (Å²) < 4.78 is 0. The molecule has 0 radical (unpaired) electrons. The lowest BCUT2D eigenvalue weighted by Gasteiger charge is -1.94. The predicted molar refractivity (Wildman–Crippen MR) is 54.5 cm³/mol. The van der Waals surface area contributed by atoms with E-state index in [-0.39, 0.29) is 6.61 Å². The Labute approximate surface area is 84.4 Å². The molecule has 2 N–H and O–H groups in total. The second-order valence-corrected chi connectivity index (χ2v) is 4.62. The maximum absolute atomic E-state index is 10.5. The lowest BCUT2D eigenvalue weighted by Crippen LogP contribution is -1.89. The predicted octanol–water partition coefficient (Wildman–Crippen LogP) is 1.67. The Balaban J connectivity index is 2.44. The molecule has 0 aromatic carbocycles. The summed E-state index contributed by atoms with van der Waals surface area (Å²) in [6, 6.07) is 3.43. The average molecular weight is 218 g/mol. The van der Waals surface area contributed by atoms with Crippen LogP contribution >= 0.6 is 23.1 Å². The van der Waals surface area contributed by atoms with E-state index in [1.807, 2.05) is 6.07 Å². The molecule has 0 unspecified atom stereocenters. The number of aliphatic hydroxyl groups is 1. The molecule has 5 heteroatoms. The van der Waals surface area contributed by atoms with Crippen LogP contribution in [0.3, 0.4) is 0 Å². The van der Waals surface area contributed by atoms with Crippen molar-refractivity contribution in [1.29, 1.82) is 0 Å². The molecule has 0 saturated heterocycles. The van der Waals surface area contributed by atoms with Crippen LogP contribution in [0.2, 0.25) is 0 Å². The van der Waals surface area contributed by atoms with Crippen LogP contribution in [0.4, 0.5) is 0 Å². The first-order chi connectivity index (χ1) is 6.24. The number of aliphatic hydroxyl groups excluding tert-OH is 1. The lowest BCUT2D eigenvalue weighted by atomic mass is 10.4. The van der Waals surface area contributed by atoms with E-state index in [0.29, 0.717) is 10.6 Å². The summed E-state index contributed by atoms with van der Waals surface area (Å²) in [5.41, 5.74) is 0. The van der Waals surface area contributed by atoms with Crippen molar-refractivity contribution in [2.24, 2.45) is 0 Å². The molecular formula is C8H10O3S2. The summed E-state index contributed by atoms with van der Waals surface area (Å²) in [4.78, 5) is 11.9. The highest BCUT2D eigenvalue weighted by Crippen LogP contribution is 2.21. The maximum Gasteiger partial charge on any atom is 0.345 e. The minimum Gasteiger partial charge on any atom is -0.477 e. The number of carbonyl (C=O) groups is 1. The lowest BCUT2D eigenvalue weighted by molar-refractivity contribution is 0.0702. The average Bonchev–Trinajstić information content (AvgIpc) is 2.53. The van der Waals surface area contributed by atoms with Gasteiger partial charge in [-0.2, -0.15) is 11.8 Å². The quantitative estimate of drug-likeness (QED) is 0.738. The van der Waals surface area contributed by atoms with E-state index in [9.17, 15) is 4.79 Å². The van der Waals surface area contributed by atoms with Crippen LogP contribution in [0.15, 0.2) is 12.1 Å². The zero-order valence-corrected chi connectivity index (χ0v) is 8.53. The first-order valence-electron chi connectivity index (χ1n) is 3.74. The molecule has 13 heavy (non-hydrogen) atoms. The molecule has 1 aromatic rings. The van der Waals surface area contributed by atoms with Gasteiger partial charge in [-0.25, -0.2) is 4.79 Å². The fourth-order valence-corrected chi connectivity index (χ4v) is 2.51. The van der Waals surface area contributed by atoms with Gasteiger partial charge in [0.05, 0.1) is 6.61 Å². The molecule has 1 rings (SSSR count). The van der Waals surface area contributed by atoms with Crippen molar-refractivity contribution in [1.82, 2.24) is 0 Å². The third-order valence-electron chi connectivity index (χ3n) is 1.35.